The summed E-state index contributed by atoms with van der Waals surface area (Å²) in [5.74, 6) is -0.929. The molecule has 3 rings (SSSR count). The van der Waals surface area contributed by atoms with Crippen molar-refractivity contribution >= 4 is 17.3 Å². The second kappa shape index (κ2) is 6.91. The Morgan fingerprint density at radius 1 is 1.33 bits per heavy atom. The first-order chi connectivity index (χ1) is 11.4. The van der Waals surface area contributed by atoms with Gasteiger partial charge in [0.05, 0.1) is 11.6 Å². The smallest absolute Gasteiger partial charge is 0.306 e. The molecule has 2 N–H and O–H groups in total. The van der Waals surface area contributed by atoms with Crippen LogP contribution in [0.15, 0.2) is 23.0 Å². The molecule has 0 spiro atoms. The van der Waals surface area contributed by atoms with Gasteiger partial charge in [-0.2, -0.15) is 0 Å². The monoisotopic (exact) mass is 346 g/mol. The fraction of sp³-hybridized carbons (Fsp3) is 0.444. The molecular weight excluding hydrogens is 324 g/mol. The topological polar surface area (TPSA) is 73.4 Å². The van der Waals surface area contributed by atoms with Crippen LogP contribution < -0.4 is 4.87 Å². The fourth-order valence-electron chi connectivity index (χ4n) is 3.32. The van der Waals surface area contributed by atoms with Gasteiger partial charge in [-0.25, -0.2) is 0 Å². The second-order valence-corrected chi connectivity index (χ2v) is 7.59. The van der Waals surface area contributed by atoms with Crippen LogP contribution in [0.5, 0.6) is 0 Å². The van der Waals surface area contributed by atoms with Gasteiger partial charge >= 0.3 is 10.8 Å². The Bertz CT molecular complexity index is 801. The highest BCUT2D eigenvalue weighted by atomic mass is 32.1. The average molecular weight is 346 g/mol. The van der Waals surface area contributed by atoms with Gasteiger partial charge in [-0.3, -0.25) is 14.5 Å². The van der Waals surface area contributed by atoms with E-state index in [1.807, 2.05) is 0 Å². The first kappa shape index (κ1) is 16.9. The number of hydrogen-bond donors (Lipinski definition) is 2. The number of H-pyrrole nitrogens is 1. The Hall–Kier alpha value is -1.92. The quantitative estimate of drug-likeness (QED) is 0.892. The molecule has 0 radical (unpaired) electrons. The van der Waals surface area contributed by atoms with Gasteiger partial charge in [0.2, 0.25) is 0 Å². The highest BCUT2D eigenvalue weighted by molar-refractivity contribution is 7.09. The summed E-state index contributed by atoms with van der Waals surface area (Å²) in [6.07, 6.45) is 1.35. The van der Waals surface area contributed by atoms with Crippen LogP contribution in [0.2, 0.25) is 0 Å². The minimum Gasteiger partial charge on any atom is -0.481 e. The van der Waals surface area contributed by atoms with E-state index in [2.05, 4.69) is 41.9 Å². The first-order valence-electron chi connectivity index (χ1n) is 8.19. The Morgan fingerprint density at radius 3 is 2.67 bits per heavy atom. The van der Waals surface area contributed by atoms with Gasteiger partial charge < -0.3 is 10.1 Å². The molecule has 0 unspecified atom stereocenters. The predicted octanol–water partition coefficient (Wildman–Crippen LogP) is 3.02. The highest BCUT2D eigenvalue weighted by Gasteiger charge is 2.25. The maximum atomic E-state index is 11.9. The van der Waals surface area contributed by atoms with Crippen molar-refractivity contribution in [2.75, 3.05) is 13.1 Å². The number of nitrogens with one attached hydrogen (secondary N) is 1. The number of aromatic nitrogens is 1. The van der Waals surface area contributed by atoms with Crippen molar-refractivity contribution in [2.45, 2.75) is 33.2 Å². The summed E-state index contributed by atoms with van der Waals surface area (Å²) in [5.41, 5.74) is 4.32. The minimum atomic E-state index is -0.697. The van der Waals surface area contributed by atoms with Crippen LogP contribution in [-0.4, -0.2) is 34.0 Å². The van der Waals surface area contributed by atoms with Crippen molar-refractivity contribution < 1.29 is 9.90 Å². The number of benzene rings is 1. The largest absolute Gasteiger partial charge is 0.481 e. The minimum absolute atomic E-state index is 0.0413. The molecule has 1 aliphatic rings. The van der Waals surface area contributed by atoms with Gasteiger partial charge in [0.15, 0.2) is 0 Å². The zero-order chi connectivity index (χ0) is 17.3. The van der Waals surface area contributed by atoms with E-state index in [-0.39, 0.29) is 10.8 Å². The van der Waals surface area contributed by atoms with Gasteiger partial charge in [0.1, 0.15) is 0 Å². The molecule has 2 heterocycles. The van der Waals surface area contributed by atoms with Gasteiger partial charge in [0.25, 0.3) is 0 Å². The third-order valence-corrected chi connectivity index (χ3v) is 5.54. The lowest BCUT2D eigenvalue weighted by molar-refractivity contribution is -0.143. The summed E-state index contributed by atoms with van der Waals surface area (Å²) in [7, 11) is 0. The lowest BCUT2D eigenvalue weighted by Crippen LogP contribution is -2.35. The van der Waals surface area contributed by atoms with Crippen LogP contribution in [0.3, 0.4) is 0 Å². The number of rotatable bonds is 4. The van der Waals surface area contributed by atoms with E-state index in [0.717, 1.165) is 34.8 Å². The Labute approximate surface area is 145 Å². The second-order valence-electron chi connectivity index (χ2n) is 6.52. The molecule has 24 heavy (non-hydrogen) atoms. The molecule has 1 fully saturated rings. The summed E-state index contributed by atoms with van der Waals surface area (Å²) in [5, 5.41) is 9.10. The van der Waals surface area contributed by atoms with Gasteiger partial charge in [0, 0.05) is 17.0 Å². The number of aliphatic carboxylic acids is 1. The Morgan fingerprint density at radius 2 is 2.04 bits per heavy atom. The van der Waals surface area contributed by atoms with Crippen molar-refractivity contribution in [3.8, 4) is 11.3 Å². The molecule has 128 valence electrons. The molecular formula is C18H22N2O3S. The number of carboxylic acid groups (broad SMARTS) is 1. The molecule has 0 atom stereocenters. The zero-order valence-electron chi connectivity index (χ0n) is 14.0. The summed E-state index contributed by atoms with van der Waals surface area (Å²) in [4.78, 5) is 29.2. The third kappa shape index (κ3) is 3.60. The number of carboxylic acids is 1. The van der Waals surface area contributed by atoms with Crippen LogP contribution in [0, 0.1) is 19.8 Å². The maximum absolute atomic E-state index is 11.9. The molecule has 1 aliphatic heterocycles. The standard InChI is InChI=1S/C18H22N2O3S/c1-11-3-4-14(12(2)9-11)16-15(24-18(23)19-16)10-20-7-5-13(6-8-20)17(21)22/h3-4,9,13H,5-8,10H2,1-2H3,(H,19,23)(H,21,22). The van der Waals surface area contributed by atoms with Crippen LogP contribution in [0.25, 0.3) is 11.3 Å². The number of aryl methyl sites for hydroxylation is 2. The summed E-state index contributed by atoms with van der Waals surface area (Å²) < 4.78 is 0. The molecule has 0 aliphatic carbocycles. The Kier molecular flexibility index (Phi) is 4.87. The van der Waals surface area contributed by atoms with E-state index in [1.54, 1.807) is 0 Å². The lowest BCUT2D eigenvalue weighted by atomic mass is 9.97. The fourth-order valence-corrected chi connectivity index (χ4v) is 4.21. The number of carbonyl (C=O) groups is 1. The van der Waals surface area contributed by atoms with E-state index in [9.17, 15) is 9.59 Å². The predicted molar refractivity (Wildman–Crippen MR) is 95.5 cm³/mol. The molecule has 1 aromatic heterocycles. The first-order valence-corrected chi connectivity index (χ1v) is 9.00. The van der Waals surface area contributed by atoms with E-state index in [4.69, 9.17) is 5.11 Å². The average Bonchev–Trinajstić information content (AvgIpc) is 2.88. The molecule has 0 saturated carbocycles. The number of piperidine rings is 1. The van der Waals surface area contributed by atoms with Crippen molar-refractivity contribution in [2.24, 2.45) is 5.92 Å². The number of hydrogen-bond acceptors (Lipinski definition) is 4. The van der Waals surface area contributed by atoms with Gasteiger partial charge in [-0.15, -0.1) is 0 Å². The van der Waals surface area contributed by atoms with Crippen molar-refractivity contribution in [3.63, 3.8) is 0 Å². The molecule has 1 aromatic carbocycles. The van der Waals surface area contributed by atoms with E-state index in [1.165, 1.54) is 16.9 Å². The van der Waals surface area contributed by atoms with Crippen LogP contribution in [0.1, 0.15) is 28.8 Å². The van der Waals surface area contributed by atoms with Crippen molar-refractivity contribution in [3.05, 3.63) is 43.9 Å². The van der Waals surface area contributed by atoms with E-state index in [0.29, 0.717) is 19.4 Å². The molecule has 5 nitrogen and oxygen atoms in total. The summed E-state index contributed by atoms with van der Waals surface area (Å²) >= 11 is 1.25. The van der Waals surface area contributed by atoms with Crippen LogP contribution in [-0.2, 0) is 11.3 Å². The molecule has 0 amide bonds. The number of likely N-dealkylation sites (tertiary alicyclic amines) is 1. The van der Waals surface area contributed by atoms with Crippen LogP contribution >= 0.6 is 11.3 Å². The molecule has 0 bridgehead atoms. The summed E-state index contributed by atoms with van der Waals surface area (Å²) in [6, 6.07) is 6.23. The SMILES string of the molecule is Cc1ccc(-c2[nH]c(=O)sc2CN2CCC(C(=O)O)CC2)c(C)c1. The van der Waals surface area contributed by atoms with Gasteiger partial charge in [-0.05, 0) is 45.3 Å². The van der Waals surface area contributed by atoms with Crippen molar-refractivity contribution in [1.82, 2.24) is 9.88 Å². The number of aromatic amines is 1. The molecule has 2 aromatic rings. The zero-order valence-corrected chi connectivity index (χ0v) is 14.8. The molecule has 6 heteroatoms. The Balaban J connectivity index is 1.80. The summed E-state index contributed by atoms with van der Waals surface area (Å²) in [6.45, 7) is 6.32. The lowest BCUT2D eigenvalue weighted by Gasteiger charge is -2.29. The highest BCUT2D eigenvalue weighted by Crippen LogP contribution is 2.29. The van der Waals surface area contributed by atoms with Gasteiger partial charge in [-0.1, -0.05) is 35.1 Å². The molecule has 1 saturated heterocycles. The van der Waals surface area contributed by atoms with Crippen molar-refractivity contribution in [1.29, 1.82) is 0 Å². The number of nitrogens with zero attached hydrogens (tertiary/aromatic N) is 1. The van der Waals surface area contributed by atoms with Crippen LogP contribution in [0.4, 0.5) is 0 Å². The normalized spacial score (nSPS) is 16.4. The maximum Gasteiger partial charge on any atom is 0.306 e. The van der Waals surface area contributed by atoms with E-state index >= 15 is 0 Å². The van der Waals surface area contributed by atoms with E-state index < -0.39 is 5.97 Å². The number of thiazole rings is 1. The third-order valence-electron chi connectivity index (χ3n) is 4.68.